The zero-order valence-electron chi connectivity index (χ0n) is 16.0. The monoisotopic (exact) mass is 360 g/mol. The number of H-pyrrole nitrogens is 1. The van der Waals surface area contributed by atoms with E-state index in [4.69, 9.17) is 7.48 Å². The number of carbonyl (C=O) groups is 1. The van der Waals surface area contributed by atoms with Crippen LogP contribution in [0.25, 0.3) is 0 Å². The van der Waals surface area contributed by atoms with Crippen LogP contribution >= 0.6 is 0 Å². The summed E-state index contributed by atoms with van der Waals surface area (Å²) in [6.07, 6.45) is -2.20. The zero-order valence-corrected chi connectivity index (χ0v) is 14.0. The summed E-state index contributed by atoms with van der Waals surface area (Å²) in [7, 11) is 0. The van der Waals surface area contributed by atoms with Crippen molar-refractivity contribution in [1.82, 2.24) is 9.97 Å². The van der Waals surface area contributed by atoms with E-state index >= 15 is 0 Å². The second-order valence-electron chi connectivity index (χ2n) is 6.12. The van der Waals surface area contributed by atoms with Gasteiger partial charge < -0.3 is 19.5 Å². The van der Waals surface area contributed by atoms with Crippen molar-refractivity contribution in [1.29, 1.82) is 0 Å². The molecule has 1 saturated heterocycles. The highest BCUT2D eigenvalue weighted by Gasteiger charge is 2.27. The first kappa shape index (κ1) is 14.4. The van der Waals surface area contributed by atoms with Crippen molar-refractivity contribution in [3.05, 3.63) is 51.8 Å². The molecule has 0 unspecified atom stereocenters. The highest BCUT2D eigenvalue weighted by atomic mass is 19.1. The van der Waals surface area contributed by atoms with Crippen molar-refractivity contribution < 1.29 is 16.7 Å². The van der Waals surface area contributed by atoms with Gasteiger partial charge in [0, 0.05) is 39.7 Å². The van der Waals surface area contributed by atoms with Crippen LogP contribution in [0.3, 0.4) is 0 Å². The number of aromatic amines is 1. The number of morpholine rings is 1. The van der Waals surface area contributed by atoms with Crippen molar-refractivity contribution in [2.24, 2.45) is 0 Å². The maximum Gasteiger partial charge on any atom is 0.252 e. The van der Waals surface area contributed by atoms with Crippen LogP contribution in [0.2, 0.25) is 0 Å². The molecule has 4 rings (SSSR count). The lowest BCUT2D eigenvalue weighted by Gasteiger charge is -2.27. The molecule has 136 valence electrons. The number of halogens is 1. The third-order valence-corrected chi connectivity index (χ3v) is 4.43. The fraction of sp³-hybridized carbons (Fsp3) is 0.389. The van der Waals surface area contributed by atoms with Gasteiger partial charge in [0.05, 0.1) is 19.6 Å². The Morgan fingerprint density at radius 3 is 2.96 bits per heavy atom. The summed E-state index contributed by atoms with van der Waals surface area (Å²) in [5, 5.41) is 0. The van der Waals surface area contributed by atoms with Crippen molar-refractivity contribution in [2.75, 3.05) is 42.6 Å². The van der Waals surface area contributed by atoms with Crippen molar-refractivity contribution in [3.63, 3.8) is 0 Å². The Balaban J connectivity index is 1.59. The van der Waals surface area contributed by atoms with Crippen molar-refractivity contribution in [3.8, 4) is 0 Å². The fourth-order valence-corrected chi connectivity index (χ4v) is 3.15. The van der Waals surface area contributed by atoms with Gasteiger partial charge >= 0.3 is 0 Å². The number of aromatic nitrogens is 2. The number of nitrogens with zero attached hydrogens (tertiary/aromatic N) is 3. The molecule has 1 aromatic carbocycles. The van der Waals surface area contributed by atoms with Crippen LogP contribution in [0.5, 0.6) is 0 Å². The minimum Gasteiger partial charge on any atom is -0.378 e. The summed E-state index contributed by atoms with van der Waals surface area (Å²) < 4.78 is 35.5. The lowest BCUT2D eigenvalue weighted by atomic mass is 10.1. The number of hydrogen-bond acceptors (Lipinski definition) is 5. The maximum absolute atomic E-state index is 14.1. The Hall–Kier alpha value is -2.74. The molecular weight excluding hydrogens is 339 g/mol. The topological polar surface area (TPSA) is 78.5 Å². The van der Waals surface area contributed by atoms with Gasteiger partial charge in [-0.2, -0.15) is 0 Å². The standard InChI is InChI=1S/C18H19FN4O3/c19-13-2-1-3-14-12(13)4-5-23(14)18(25)10-15-20-16(11-17(24)21-15)22-6-8-26-9-7-22/h1-3,11H,4-10H2,(H,20,21,24)/i4D2. The maximum atomic E-state index is 14.1. The second kappa shape index (κ2) is 6.87. The fourth-order valence-electron chi connectivity index (χ4n) is 3.15. The van der Waals surface area contributed by atoms with Gasteiger partial charge in [0.25, 0.3) is 5.56 Å². The summed E-state index contributed by atoms with van der Waals surface area (Å²) >= 11 is 0. The van der Waals surface area contributed by atoms with E-state index in [1.807, 2.05) is 4.90 Å². The number of benzene rings is 1. The molecule has 2 aliphatic rings. The van der Waals surface area contributed by atoms with E-state index in [1.165, 1.54) is 29.2 Å². The van der Waals surface area contributed by atoms with E-state index in [1.54, 1.807) is 0 Å². The van der Waals surface area contributed by atoms with Gasteiger partial charge in [-0.25, -0.2) is 9.37 Å². The number of amides is 1. The van der Waals surface area contributed by atoms with Gasteiger partial charge in [0.15, 0.2) is 0 Å². The zero-order chi connectivity index (χ0) is 19.9. The SMILES string of the molecule is [2H]C1([2H])CN(C(=O)Cc2nc(N3CCOCC3)cc(=O)[nH]2)c2cccc(F)c21. The van der Waals surface area contributed by atoms with E-state index in [-0.39, 0.29) is 35.6 Å². The summed E-state index contributed by atoms with van der Waals surface area (Å²) in [6, 6.07) is 5.50. The number of anilines is 2. The molecule has 0 bridgehead atoms. The van der Waals surface area contributed by atoms with Gasteiger partial charge in [-0.1, -0.05) is 6.07 Å². The number of carbonyl (C=O) groups excluding carboxylic acids is 1. The minimum absolute atomic E-state index is 0.119. The normalized spacial score (nSPS) is 19.7. The molecule has 2 aliphatic heterocycles. The largest absolute Gasteiger partial charge is 0.378 e. The molecule has 1 N–H and O–H groups in total. The predicted octanol–water partition coefficient (Wildman–Crippen LogP) is 0.877. The van der Waals surface area contributed by atoms with E-state index in [9.17, 15) is 14.0 Å². The molecule has 3 heterocycles. The van der Waals surface area contributed by atoms with Gasteiger partial charge in [0.1, 0.15) is 17.5 Å². The summed E-state index contributed by atoms with van der Waals surface area (Å²) in [5.74, 6) is -0.489. The molecule has 8 heteroatoms. The average Bonchev–Trinajstić information content (AvgIpc) is 2.94. The molecule has 0 saturated carbocycles. The second-order valence-corrected chi connectivity index (χ2v) is 6.12. The first-order valence-electron chi connectivity index (χ1n) is 9.37. The molecule has 2 aromatic rings. The quantitative estimate of drug-likeness (QED) is 0.879. The third-order valence-electron chi connectivity index (χ3n) is 4.43. The Bertz CT molecular complexity index is 976. The molecule has 0 spiro atoms. The van der Waals surface area contributed by atoms with Crippen molar-refractivity contribution in [2.45, 2.75) is 12.8 Å². The molecular formula is C18H19FN4O3. The number of ether oxygens (including phenoxy) is 1. The molecule has 26 heavy (non-hydrogen) atoms. The Morgan fingerprint density at radius 1 is 1.35 bits per heavy atom. The lowest BCUT2D eigenvalue weighted by molar-refractivity contribution is -0.118. The number of rotatable bonds is 3. The summed E-state index contributed by atoms with van der Waals surface area (Å²) in [4.78, 5) is 34.9. The average molecular weight is 360 g/mol. The molecule has 1 amide bonds. The molecule has 7 nitrogen and oxygen atoms in total. The Kier molecular flexibility index (Phi) is 3.82. The van der Waals surface area contributed by atoms with Crippen LogP contribution in [0.15, 0.2) is 29.1 Å². The van der Waals surface area contributed by atoms with E-state index in [0.717, 1.165) is 0 Å². The van der Waals surface area contributed by atoms with Crippen LogP contribution in [0, 0.1) is 5.82 Å². The van der Waals surface area contributed by atoms with Gasteiger partial charge in [-0.15, -0.1) is 0 Å². The number of hydrogen-bond donors (Lipinski definition) is 1. The molecule has 1 fully saturated rings. The van der Waals surface area contributed by atoms with Crippen molar-refractivity contribution >= 4 is 17.4 Å². The third kappa shape index (κ3) is 3.20. The highest BCUT2D eigenvalue weighted by Crippen LogP contribution is 2.30. The predicted molar refractivity (Wildman–Crippen MR) is 94.1 cm³/mol. The Morgan fingerprint density at radius 2 is 2.15 bits per heavy atom. The summed E-state index contributed by atoms with van der Waals surface area (Å²) in [6.45, 7) is 1.99. The van der Waals surface area contributed by atoms with Crippen LogP contribution in [0.1, 0.15) is 14.1 Å². The molecule has 0 radical (unpaired) electrons. The smallest absolute Gasteiger partial charge is 0.252 e. The van der Waals surface area contributed by atoms with Gasteiger partial charge in [0.2, 0.25) is 5.91 Å². The van der Waals surface area contributed by atoms with E-state index < -0.39 is 18.1 Å². The first-order valence-corrected chi connectivity index (χ1v) is 8.37. The van der Waals surface area contributed by atoms with Crippen LogP contribution in [0.4, 0.5) is 15.9 Å². The number of nitrogens with one attached hydrogen (secondary N) is 1. The Labute approximate surface area is 152 Å². The van der Waals surface area contributed by atoms with Crippen LogP contribution in [-0.4, -0.2) is 48.7 Å². The molecule has 0 atom stereocenters. The summed E-state index contributed by atoms with van der Waals surface area (Å²) in [5.41, 5.74) is -0.281. The van der Waals surface area contributed by atoms with Crippen LogP contribution < -0.4 is 15.4 Å². The molecule has 0 aliphatic carbocycles. The van der Waals surface area contributed by atoms with E-state index in [0.29, 0.717) is 32.1 Å². The molecule has 1 aromatic heterocycles. The van der Waals surface area contributed by atoms with Gasteiger partial charge in [-0.05, 0) is 18.5 Å². The number of fused-ring (bicyclic) bond motifs is 1. The lowest BCUT2D eigenvalue weighted by Crippen LogP contribution is -2.38. The highest BCUT2D eigenvalue weighted by molar-refractivity contribution is 5.96. The first-order chi connectivity index (χ1) is 13.3. The van der Waals surface area contributed by atoms with Crippen LogP contribution in [-0.2, 0) is 22.3 Å². The van der Waals surface area contributed by atoms with Gasteiger partial charge in [-0.3, -0.25) is 9.59 Å². The minimum atomic E-state index is -1.98. The van der Waals surface area contributed by atoms with E-state index in [2.05, 4.69) is 9.97 Å².